The second-order valence-electron chi connectivity index (χ2n) is 13.7. The lowest BCUT2D eigenvalue weighted by molar-refractivity contribution is -0.162. The highest BCUT2D eigenvalue weighted by Gasteiger charge is 2.63. The number of rotatable bonds is 5. The quantitative estimate of drug-likeness (QED) is 0.370. The molecule has 13 atom stereocenters. The van der Waals surface area contributed by atoms with E-state index in [9.17, 15) is 30.3 Å². The molecule has 7 heteroatoms. The highest BCUT2D eigenvalue weighted by molar-refractivity contribution is 5.74. The number of ether oxygens (including phenoxy) is 1. The van der Waals surface area contributed by atoms with Crippen LogP contribution >= 0.6 is 0 Å². The Hall–Kier alpha value is -0.730. The van der Waals surface area contributed by atoms with Crippen LogP contribution in [0.4, 0.5) is 0 Å². The largest absolute Gasteiger partial charge is 0.465 e. The van der Waals surface area contributed by atoms with E-state index >= 15 is 0 Å². The maximum Gasteiger partial charge on any atom is 0.309 e. The van der Waals surface area contributed by atoms with Crippen LogP contribution in [0.3, 0.4) is 0 Å². The van der Waals surface area contributed by atoms with Crippen LogP contribution in [0.2, 0.25) is 0 Å². The molecule has 0 aromatic heterocycles. The molecule has 35 heavy (non-hydrogen) atoms. The van der Waals surface area contributed by atoms with Crippen LogP contribution in [0.1, 0.15) is 80.1 Å². The molecule has 3 aliphatic carbocycles. The van der Waals surface area contributed by atoms with E-state index in [1.165, 1.54) is 0 Å². The molecule has 3 saturated carbocycles. The van der Waals surface area contributed by atoms with E-state index in [0.29, 0.717) is 18.9 Å². The lowest BCUT2D eigenvalue weighted by Gasteiger charge is -2.56. The van der Waals surface area contributed by atoms with Crippen LogP contribution < -0.4 is 0 Å². The Balaban J connectivity index is 1.57. The third kappa shape index (κ3) is 4.37. The van der Waals surface area contributed by atoms with Gasteiger partial charge in [-0.3, -0.25) is 4.79 Å². The standard InChI is InChI=1S/C28H48O7/c1-14(23(31)24(32)15(2)26(3,4)34)17-7-8-18-16-13-35-25(33)20-11-21(29)22(30)12-28(20,6)19(16)9-10-27(17,18)5/h14-24,29-32,34H,7-13H2,1-6H3/t14-,15-,16-,17-,18-,19-,20+,21-,22+,23+,24+,27-,28+/m0/s1. The summed E-state index contributed by atoms with van der Waals surface area (Å²) in [6.45, 7) is 11.9. The first-order valence-corrected chi connectivity index (χ1v) is 13.7. The van der Waals surface area contributed by atoms with Crippen molar-refractivity contribution in [2.45, 2.75) is 110 Å². The average molecular weight is 497 g/mol. The number of hydrogen-bond acceptors (Lipinski definition) is 7. The Morgan fingerprint density at radius 2 is 1.60 bits per heavy atom. The Labute approximate surface area is 210 Å². The van der Waals surface area contributed by atoms with Crippen LogP contribution in [-0.2, 0) is 9.53 Å². The van der Waals surface area contributed by atoms with Crippen LogP contribution in [0.25, 0.3) is 0 Å². The van der Waals surface area contributed by atoms with E-state index in [2.05, 4.69) is 13.8 Å². The summed E-state index contributed by atoms with van der Waals surface area (Å²) in [6.07, 6.45) is 0.837. The summed E-state index contributed by atoms with van der Waals surface area (Å²) in [6, 6.07) is 0. The van der Waals surface area contributed by atoms with Gasteiger partial charge in [-0.2, -0.15) is 0 Å². The van der Waals surface area contributed by atoms with Crippen molar-refractivity contribution in [1.29, 1.82) is 0 Å². The zero-order chi connectivity index (χ0) is 26.1. The van der Waals surface area contributed by atoms with Crippen molar-refractivity contribution in [2.24, 2.45) is 52.3 Å². The SMILES string of the molecule is C[C@H]([C@@H](O)[C@H](O)[C@H](C)C(C)(C)O)[C@@H]1CC[C@H]2[C@@H]3COC(=O)[C@H]4C[C@H](O)[C@H](O)C[C@]4(C)[C@H]3CC[C@@]12C. The maximum atomic E-state index is 13.0. The summed E-state index contributed by atoms with van der Waals surface area (Å²) < 4.78 is 5.85. The van der Waals surface area contributed by atoms with Gasteiger partial charge in [0.25, 0.3) is 0 Å². The summed E-state index contributed by atoms with van der Waals surface area (Å²) in [5.74, 6) is -0.265. The third-order valence-electron chi connectivity index (χ3n) is 11.6. The number of carbonyl (C=O) groups excluding carboxylic acids is 1. The minimum Gasteiger partial charge on any atom is -0.465 e. The van der Waals surface area contributed by atoms with Gasteiger partial charge in [-0.25, -0.2) is 0 Å². The predicted molar refractivity (Wildman–Crippen MR) is 131 cm³/mol. The monoisotopic (exact) mass is 496 g/mol. The maximum absolute atomic E-state index is 13.0. The number of esters is 1. The topological polar surface area (TPSA) is 127 Å². The molecule has 1 aliphatic heterocycles. The minimum atomic E-state index is -1.09. The lowest BCUT2D eigenvalue weighted by Crippen LogP contribution is -2.55. The Kier molecular flexibility index (Phi) is 7.20. The number of aliphatic hydroxyl groups is 5. The van der Waals surface area contributed by atoms with Crippen molar-refractivity contribution in [3.8, 4) is 0 Å². The molecule has 4 fully saturated rings. The molecule has 202 valence electrons. The molecule has 1 heterocycles. The highest BCUT2D eigenvalue weighted by atomic mass is 16.5. The van der Waals surface area contributed by atoms with Gasteiger partial charge in [0.2, 0.25) is 0 Å². The van der Waals surface area contributed by atoms with E-state index in [4.69, 9.17) is 4.74 Å². The molecule has 4 rings (SSSR count). The van der Waals surface area contributed by atoms with Crippen LogP contribution in [0, 0.1) is 52.3 Å². The number of aliphatic hydroxyl groups excluding tert-OH is 4. The smallest absolute Gasteiger partial charge is 0.309 e. The summed E-state index contributed by atoms with van der Waals surface area (Å²) in [4.78, 5) is 13.0. The molecule has 0 spiro atoms. The van der Waals surface area contributed by atoms with Crippen molar-refractivity contribution in [3.05, 3.63) is 0 Å². The van der Waals surface area contributed by atoms with Crippen LogP contribution in [0.15, 0.2) is 0 Å². The molecule has 0 radical (unpaired) electrons. The first kappa shape index (κ1) is 27.3. The van der Waals surface area contributed by atoms with Crippen LogP contribution in [-0.4, -0.2) is 68.1 Å². The Bertz CT molecular complexity index is 795. The fraction of sp³-hybridized carbons (Fsp3) is 0.964. The first-order chi connectivity index (χ1) is 16.1. The molecule has 0 aromatic carbocycles. The van der Waals surface area contributed by atoms with Crippen molar-refractivity contribution in [1.82, 2.24) is 0 Å². The lowest BCUT2D eigenvalue weighted by atomic mass is 9.48. The molecule has 0 bridgehead atoms. The molecule has 5 N–H and O–H groups in total. The van der Waals surface area contributed by atoms with Gasteiger partial charge in [0.15, 0.2) is 0 Å². The first-order valence-electron chi connectivity index (χ1n) is 13.7. The number of cyclic esters (lactones) is 1. The van der Waals surface area contributed by atoms with Gasteiger partial charge in [0, 0.05) is 5.92 Å². The molecule has 7 nitrogen and oxygen atoms in total. The van der Waals surface area contributed by atoms with Gasteiger partial charge in [-0.1, -0.05) is 27.7 Å². The minimum absolute atomic E-state index is 0.0470. The zero-order valence-electron chi connectivity index (χ0n) is 22.4. The van der Waals surface area contributed by atoms with Gasteiger partial charge in [-0.15, -0.1) is 0 Å². The molecule has 0 aromatic rings. The van der Waals surface area contributed by atoms with Gasteiger partial charge >= 0.3 is 5.97 Å². The normalized spacial score (nSPS) is 47.4. The van der Waals surface area contributed by atoms with E-state index in [1.807, 2.05) is 6.92 Å². The number of hydrogen-bond donors (Lipinski definition) is 5. The van der Waals surface area contributed by atoms with Gasteiger partial charge < -0.3 is 30.3 Å². The van der Waals surface area contributed by atoms with Crippen molar-refractivity contribution in [3.63, 3.8) is 0 Å². The zero-order valence-corrected chi connectivity index (χ0v) is 22.4. The second kappa shape index (κ2) is 9.23. The van der Waals surface area contributed by atoms with Crippen molar-refractivity contribution < 1.29 is 35.1 Å². The molecular formula is C28H48O7. The van der Waals surface area contributed by atoms with Gasteiger partial charge in [0.1, 0.15) is 0 Å². The van der Waals surface area contributed by atoms with E-state index in [1.54, 1.807) is 20.8 Å². The van der Waals surface area contributed by atoms with E-state index < -0.39 is 47.3 Å². The fourth-order valence-corrected chi connectivity index (χ4v) is 8.96. The highest BCUT2D eigenvalue weighted by Crippen LogP contribution is 2.66. The third-order valence-corrected chi connectivity index (χ3v) is 11.6. The Morgan fingerprint density at radius 3 is 2.23 bits per heavy atom. The summed E-state index contributed by atoms with van der Waals surface area (Å²) in [5, 5.41) is 53.3. The van der Waals surface area contributed by atoms with Gasteiger partial charge in [-0.05, 0) is 92.8 Å². The van der Waals surface area contributed by atoms with Crippen LogP contribution in [0.5, 0.6) is 0 Å². The Morgan fingerprint density at radius 1 is 0.971 bits per heavy atom. The second-order valence-corrected chi connectivity index (χ2v) is 13.7. The molecule has 4 aliphatic rings. The number of fused-ring (bicyclic) bond motifs is 5. The summed E-state index contributed by atoms with van der Waals surface area (Å²) >= 11 is 0. The number of carbonyl (C=O) groups is 1. The van der Waals surface area contributed by atoms with E-state index in [0.717, 1.165) is 25.7 Å². The van der Waals surface area contributed by atoms with Gasteiger partial charge in [0.05, 0.1) is 42.5 Å². The molecule has 1 saturated heterocycles. The predicted octanol–water partition coefficient (Wildman–Crippen LogP) is 2.50. The van der Waals surface area contributed by atoms with Crippen molar-refractivity contribution >= 4 is 5.97 Å². The summed E-state index contributed by atoms with van der Waals surface area (Å²) in [7, 11) is 0. The van der Waals surface area contributed by atoms with E-state index in [-0.39, 0.29) is 41.5 Å². The molecule has 0 amide bonds. The molecular weight excluding hydrogens is 448 g/mol. The summed E-state index contributed by atoms with van der Waals surface area (Å²) in [5.41, 5.74) is -1.54. The average Bonchev–Trinajstić information content (AvgIpc) is 3.09. The molecule has 0 unspecified atom stereocenters. The van der Waals surface area contributed by atoms with Crippen molar-refractivity contribution in [2.75, 3.05) is 6.61 Å². The fourth-order valence-electron chi connectivity index (χ4n) is 8.96.